The van der Waals surface area contributed by atoms with Gasteiger partial charge in [0.1, 0.15) is 61.0 Å². The van der Waals surface area contributed by atoms with Crippen LogP contribution in [0.1, 0.15) is 96.0 Å². The van der Waals surface area contributed by atoms with Crippen LogP contribution in [0.3, 0.4) is 0 Å². The van der Waals surface area contributed by atoms with Gasteiger partial charge in [-0.05, 0) is 36.5 Å². The Labute approximate surface area is 328 Å². The Morgan fingerprint density at radius 2 is 1.34 bits per heavy atom. The van der Waals surface area contributed by atoms with Gasteiger partial charge in [0, 0.05) is 19.1 Å². The summed E-state index contributed by atoms with van der Waals surface area (Å²) in [6.07, 6.45) is -13.1. The molecule has 3 heterocycles. The summed E-state index contributed by atoms with van der Waals surface area (Å²) in [5.74, 6) is -1.13. The second kappa shape index (κ2) is 21.1. The predicted molar refractivity (Wildman–Crippen MR) is 199 cm³/mol. The van der Waals surface area contributed by atoms with Gasteiger partial charge in [0.25, 0.3) is 5.91 Å². The standard InChI is InChI=1S/C39H64N2O15/c1-7-8-9-10-11-12-17-51-37-33(49)32(48)29(45)25(55-37)19-52-38-34(56-36-27(40-21(3)43)30(46)28(44)24(18-42)54-36)31(47)26(20(2)53-38)41-35(50)22-13-15-23(16-14-22)39(4,5)6/h13-16,20,24-34,36-38,42,44-49H,7-12,17-19H2,1-6H3,(H,40,43)(H,41,50)/t20-,24+,25+,26-,27+,28+,29+,30+,31+,32-,33+,34+,36-,37+,38+/m0/s1. The minimum absolute atomic E-state index is 0.149. The van der Waals surface area contributed by atoms with Gasteiger partial charge in [-0.25, -0.2) is 0 Å². The lowest BCUT2D eigenvalue weighted by molar-refractivity contribution is -0.351. The van der Waals surface area contributed by atoms with Gasteiger partial charge in [-0.1, -0.05) is 71.9 Å². The number of nitrogens with one attached hydrogen (secondary N) is 2. The number of aliphatic hydroxyl groups is 7. The lowest BCUT2D eigenvalue weighted by Crippen LogP contribution is -2.69. The van der Waals surface area contributed by atoms with E-state index in [0.717, 1.165) is 37.7 Å². The zero-order chi connectivity index (χ0) is 41.3. The van der Waals surface area contributed by atoms with E-state index >= 15 is 0 Å². The van der Waals surface area contributed by atoms with E-state index in [1.54, 1.807) is 19.1 Å². The number of unbranched alkanes of at least 4 members (excludes halogenated alkanes) is 5. The molecule has 0 spiro atoms. The normalized spacial score (nSPS) is 36.6. The summed E-state index contributed by atoms with van der Waals surface area (Å²) in [6, 6.07) is 4.49. The van der Waals surface area contributed by atoms with E-state index in [4.69, 9.17) is 28.4 Å². The average Bonchev–Trinajstić information content (AvgIpc) is 3.15. The molecule has 0 radical (unpaired) electrons. The number of hydrogen-bond acceptors (Lipinski definition) is 15. The second-order valence-corrected chi connectivity index (χ2v) is 16.0. The quantitative estimate of drug-likeness (QED) is 0.0919. The molecule has 4 rings (SSSR count). The molecule has 2 amide bonds. The maximum Gasteiger partial charge on any atom is 0.251 e. The first-order chi connectivity index (χ1) is 26.5. The predicted octanol–water partition coefficient (Wildman–Crippen LogP) is -0.282. The van der Waals surface area contributed by atoms with Crippen molar-refractivity contribution < 1.29 is 73.8 Å². The van der Waals surface area contributed by atoms with Crippen molar-refractivity contribution in [2.24, 2.45) is 0 Å². The van der Waals surface area contributed by atoms with Crippen molar-refractivity contribution in [1.29, 1.82) is 0 Å². The summed E-state index contributed by atoms with van der Waals surface area (Å²) in [5, 5.41) is 80.6. The van der Waals surface area contributed by atoms with Crippen molar-refractivity contribution in [3.63, 3.8) is 0 Å². The van der Waals surface area contributed by atoms with Gasteiger partial charge >= 0.3 is 0 Å². The summed E-state index contributed by atoms with van der Waals surface area (Å²) in [5.41, 5.74) is 1.18. The third-order valence-corrected chi connectivity index (χ3v) is 10.6. The van der Waals surface area contributed by atoms with Crippen LogP contribution < -0.4 is 10.6 Å². The molecule has 1 aromatic rings. The first kappa shape index (κ1) is 46.3. The lowest BCUT2D eigenvalue weighted by Gasteiger charge is -2.48. The second-order valence-electron chi connectivity index (χ2n) is 16.0. The molecule has 0 unspecified atom stereocenters. The number of rotatable bonds is 17. The molecule has 3 fully saturated rings. The van der Waals surface area contributed by atoms with E-state index in [0.29, 0.717) is 12.0 Å². The SMILES string of the molecule is CCCCCCCCO[C@@H]1O[C@H](CO[C@@H]2O[C@@H](C)[C@H](NC(=O)c3ccc(C(C)(C)C)cc3)[C@@H](O)[C@H]2O[C@@H]2O[C@H](CO)[C@@H](O)[C@H](O)[C@H]2NC(C)=O)[C@@H](O)[C@H](O)[C@H]1O. The van der Waals surface area contributed by atoms with Crippen molar-refractivity contribution in [3.8, 4) is 0 Å². The Bertz CT molecular complexity index is 1360. The van der Waals surface area contributed by atoms with Gasteiger partial charge in [-0.3, -0.25) is 9.59 Å². The van der Waals surface area contributed by atoms with Crippen LogP contribution in [-0.4, -0.2) is 159 Å². The van der Waals surface area contributed by atoms with Crippen LogP contribution in [0.15, 0.2) is 24.3 Å². The Hall–Kier alpha value is -2.36. The molecule has 56 heavy (non-hydrogen) atoms. The summed E-state index contributed by atoms with van der Waals surface area (Å²) < 4.78 is 35.7. The van der Waals surface area contributed by atoms with Gasteiger partial charge < -0.3 is 74.8 Å². The molecule has 0 aliphatic carbocycles. The Morgan fingerprint density at radius 1 is 0.714 bits per heavy atom. The van der Waals surface area contributed by atoms with Crippen molar-refractivity contribution in [2.45, 2.75) is 177 Å². The number of amides is 2. The third kappa shape index (κ3) is 11.9. The van der Waals surface area contributed by atoms with Gasteiger partial charge in [0.15, 0.2) is 18.9 Å². The Balaban J connectivity index is 1.53. The highest BCUT2D eigenvalue weighted by Gasteiger charge is 2.52. The minimum Gasteiger partial charge on any atom is -0.394 e. The van der Waals surface area contributed by atoms with E-state index in [1.165, 1.54) is 6.92 Å². The minimum atomic E-state index is -1.67. The first-order valence-electron chi connectivity index (χ1n) is 19.7. The fraction of sp³-hybridized carbons (Fsp3) is 0.795. The van der Waals surface area contributed by atoms with Crippen molar-refractivity contribution in [2.75, 3.05) is 19.8 Å². The lowest BCUT2D eigenvalue weighted by atomic mass is 9.86. The number of ether oxygens (including phenoxy) is 6. The summed E-state index contributed by atoms with van der Waals surface area (Å²) >= 11 is 0. The molecular formula is C39H64N2O15. The van der Waals surface area contributed by atoms with E-state index in [2.05, 4.69) is 17.6 Å². The fourth-order valence-corrected chi connectivity index (χ4v) is 7.06. The van der Waals surface area contributed by atoms with Gasteiger partial charge in [0.2, 0.25) is 5.91 Å². The molecule has 17 nitrogen and oxygen atoms in total. The maximum absolute atomic E-state index is 13.5. The number of hydrogen-bond donors (Lipinski definition) is 9. The average molecular weight is 801 g/mol. The largest absolute Gasteiger partial charge is 0.394 e. The smallest absolute Gasteiger partial charge is 0.251 e. The molecule has 9 N–H and O–H groups in total. The molecule has 3 aliphatic rings. The molecule has 1 aromatic carbocycles. The number of benzene rings is 1. The zero-order valence-electron chi connectivity index (χ0n) is 33.2. The Morgan fingerprint density at radius 3 is 1.96 bits per heavy atom. The monoisotopic (exact) mass is 800 g/mol. The van der Waals surface area contributed by atoms with Crippen LogP contribution in [0.5, 0.6) is 0 Å². The van der Waals surface area contributed by atoms with Crippen LogP contribution in [-0.2, 0) is 38.6 Å². The van der Waals surface area contributed by atoms with Gasteiger partial charge in [-0.15, -0.1) is 0 Å². The molecule has 0 aromatic heterocycles. The molecule has 3 aliphatic heterocycles. The molecule has 17 heteroatoms. The van der Waals surface area contributed by atoms with Crippen LogP contribution in [0.2, 0.25) is 0 Å². The van der Waals surface area contributed by atoms with E-state index in [1.807, 2.05) is 32.9 Å². The van der Waals surface area contributed by atoms with Crippen LogP contribution >= 0.6 is 0 Å². The number of aliphatic hydroxyl groups excluding tert-OH is 7. The van der Waals surface area contributed by atoms with Crippen LogP contribution in [0.4, 0.5) is 0 Å². The summed E-state index contributed by atoms with van der Waals surface area (Å²) in [4.78, 5) is 25.6. The molecular weight excluding hydrogens is 736 g/mol. The zero-order valence-corrected chi connectivity index (χ0v) is 33.2. The Kier molecular flexibility index (Phi) is 17.4. The molecule has 320 valence electrons. The van der Waals surface area contributed by atoms with Crippen LogP contribution in [0.25, 0.3) is 0 Å². The van der Waals surface area contributed by atoms with E-state index < -0.39 is 117 Å². The molecule has 3 saturated heterocycles. The van der Waals surface area contributed by atoms with Crippen LogP contribution in [0, 0.1) is 0 Å². The third-order valence-electron chi connectivity index (χ3n) is 10.6. The molecule has 15 atom stereocenters. The van der Waals surface area contributed by atoms with Crippen molar-refractivity contribution in [1.82, 2.24) is 10.6 Å². The highest BCUT2D eigenvalue weighted by molar-refractivity contribution is 5.94. The van der Waals surface area contributed by atoms with Gasteiger partial charge in [0.05, 0.1) is 25.4 Å². The fourth-order valence-electron chi connectivity index (χ4n) is 7.06. The highest BCUT2D eigenvalue weighted by atomic mass is 16.8. The van der Waals surface area contributed by atoms with Crippen molar-refractivity contribution >= 4 is 11.8 Å². The summed E-state index contributed by atoms with van der Waals surface area (Å²) in [6.45, 7) is 10.1. The first-order valence-corrected chi connectivity index (χ1v) is 19.7. The topological polar surface area (TPSA) is 255 Å². The van der Waals surface area contributed by atoms with E-state index in [9.17, 15) is 45.3 Å². The molecule has 0 bridgehead atoms. The maximum atomic E-state index is 13.5. The van der Waals surface area contributed by atoms with Gasteiger partial charge in [-0.2, -0.15) is 0 Å². The summed E-state index contributed by atoms with van der Waals surface area (Å²) in [7, 11) is 0. The van der Waals surface area contributed by atoms with E-state index in [-0.39, 0.29) is 12.0 Å². The number of carbonyl (C=O) groups excluding carboxylic acids is 2. The molecule has 0 saturated carbocycles. The number of carbonyl (C=O) groups is 2. The highest BCUT2D eigenvalue weighted by Crippen LogP contribution is 2.32. The van der Waals surface area contributed by atoms with Crippen molar-refractivity contribution in [3.05, 3.63) is 35.4 Å².